The first-order valence-corrected chi connectivity index (χ1v) is 9.65. The van der Waals surface area contributed by atoms with Crippen LogP contribution in [0.15, 0.2) is 52.3 Å². The molecule has 0 radical (unpaired) electrons. The van der Waals surface area contributed by atoms with Gasteiger partial charge in [-0.1, -0.05) is 48.8 Å². The summed E-state index contributed by atoms with van der Waals surface area (Å²) < 4.78 is 0. The van der Waals surface area contributed by atoms with Crippen molar-refractivity contribution in [2.75, 3.05) is 11.9 Å². The molecule has 0 saturated heterocycles. The summed E-state index contributed by atoms with van der Waals surface area (Å²) in [7, 11) is 0. The number of carbonyl (C=O) groups excluding carboxylic acids is 2. The first kappa shape index (κ1) is 18.5. The Morgan fingerprint density at radius 1 is 1.27 bits per heavy atom. The predicted molar refractivity (Wildman–Crippen MR) is 108 cm³/mol. The van der Waals surface area contributed by atoms with Crippen LogP contribution in [0.3, 0.4) is 0 Å². The van der Waals surface area contributed by atoms with Crippen molar-refractivity contribution >= 4 is 46.9 Å². The Kier molecular flexibility index (Phi) is 6.01. The Balaban J connectivity index is 1.78. The third kappa shape index (κ3) is 4.48. The molecule has 3 rings (SSSR count). The average molecular weight is 387 g/mol. The van der Waals surface area contributed by atoms with Crippen LogP contribution in [0.2, 0.25) is 5.02 Å². The van der Waals surface area contributed by atoms with Gasteiger partial charge < -0.3 is 10.6 Å². The van der Waals surface area contributed by atoms with E-state index in [4.69, 9.17) is 11.6 Å². The summed E-state index contributed by atoms with van der Waals surface area (Å²) in [6, 6.07) is 12.7. The van der Waals surface area contributed by atoms with Crippen LogP contribution >= 0.6 is 23.4 Å². The van der Waals surface area contributed by atoms with E-state index in [2.05, 4.69) is 17.6 Å². The van der Waals surface area contributed by atoms with E-state index in [0.717, 1.165) is 23.3 Å². The normalized spacial score (nSPS) is 14.7. The zero-order valence-corrected chi connectivity index (χ0v) is 15.9. The summed E-state index contributed by atoms with van der Waals surface area (Å²) in [6.07, 6.45) is 3.78. The van der Waals surface area contributed by atoms with E-state index in [-0.39, 0.29) is 11.8 Å². The summed E-state index contributed by atoms with van der Waals surface area (Å²) >= 11 is 7.38. The zero-order valence-electron chi connectivity index (χ0n) is 14.3. The second-order valence-corrected chi connectivity index (χ2v) is 7.46. The van der Waals surface area contributed by atoms with Gasteiger partial charge in [0.1, 0.15) is 0 Å². The minimum atomic E-state index is -0.189. The van der Waals surface area contributed by atoms with Gasteiger partial charge in [0.25, 0.3) is 11.8 Å². The van der Waals surface area contributed by atoms with Crippen molar-refractivity contribution in [3.05, 3.63) is 63.5 Å². The Hall–Kier alpha value is -2.24. The van der Waals surface area contributed by atoms with Crippen molar-refractivity contribution in [3.8, 4) is 0 Å². The Morgan fingerprint density at radius 3 is 2.88 bits per heavy atom. The molecule has 0 saturated carbocycles. The fourth-order valence-electron chi connectivity index (χ4n) is 2.53. The molecule has 2 aromatic carbocycles. The fraction of sp³-hybridized carbons (Fsp3) is 0.200. The van der Waals surface area contributed by atoms with Gasteiger partial charge in [0.2, 0.25) is 0 Å². The number of hydrogen-bond acceptors (Lipinski definition) is 3. The molecule has 1 aliphatic heterocycles. The number of unbranched alkanes of at least 4 members (excludes halogenated alkanes) is 1. The van der Waals surface area contributed by atoms with Crippen LogP contribution in [0.4, 0.5) is 5.69 Å². The van der Waals surface area contributed by atoms with E-state index in [1.165, 1.54) is 11.8 Å². The lowest BCUT2D eigenvalue weighted by molar-refractivity contribution is -0.112. The molecule has 4 nitrogen and oxygen atoms in total. The van der Waals surface area contributed by atoms with Crippen molar-refractivity contribution in [1.29, 1.82) is 0 Å². The molecular formula is C20H19ClN2O2S. The lowest BCUT2D eigenvalue weighted by Gasteiger charge is -2.19. The molecule has 2 N–H and O–H groups in total. The number of benzene rings is 2. The molecule has 1 heterocycles. The SMILES string of the molecule is CCCCNC(=O)c1ccc2c(c1)NC(=O)C(=Cc1cccc(Cl)c1)S2. The highest BCUT2D eigenvalue weighted by molar-refractivity contribution is 8.04. The maximum Gasteiger partial charge on any atom is 0.262 e. The Labute approximate surface area is 162 Å². The number of thioether (sulfide) groups is 1. The van der Waals surface area contributed by atoms with Gasteiger partial charge in [-0.25, -0.2) is 0 Å². The monoisotopic (exact) mass is 386 g/mol. The molecule has 0 aliphatic carbocycles. The molecule has 6 heteroatoms. The molecule has 0 aromatic heterocycles. The molecule has 26 heavy (non-hydrogen) atoms. The minimum Gasteiger partial charge on any atom is -0.352 e. The van der Waals surface area contributed by atoms with Gasteiger partial charge >= 0.3 is 0 Å². The average Bonchev–Trinajstić information content (AvgIpc) is 2.62. The Bertz CT molecular complexity index is 880. The Morgan fingerprint density at radius 2 is 2.12 bits per heavy atom. The molecule has 134 valence electrons. The van der Waals surface area contributed by atoms with Gasteiger partial charge in [-0.2, -0.15) is 0 Å². The van der Waals surface area contributed by atoms with E-state index in [0.29, 0.717) is 27.7 Å². The number of anilines is 1. The predicted octanol–water partition coefficient (Wildman–Crippen LogP) is 4.96. The summed E-state index contributed by atoms with van der Waals surface area (Å²) in [5, 5.41) is 6.37. The number of hydrogen-bond donors (Lipinski definition) is 2. The molecule has 2 aromatic rings. The highest BCUT2D eigenvalue weighted by atomic mass is 35.5. The van der Waals surface area contributed by atoms with E-state index < -0.39 is 0 Å². The number of rotatable bonds is 5. The molecular weight excluding hydrogens is 368 g/mol. The van der Waals surface area contributed by atoms with Gasteiger partial charge in [-0.3, -0.25) is 9.59 Å². The van der Waals surface area contributed by atoms with E-state index in [1.807, 2.05) is 24.3 Å². The van der Waals surface area contributed by atoms with Gasteiger partial charge in [0.15, 0.2) is 0 Å². The highest BCUT2D eigenvalue weighted by Gasteiger charge is 2.22. The molecule has 0 spiro atoms. The minimum absolute atomic E-state index is 0.124. The van der Waals surface area contributed by atoms with Crippen LogP contribution in [0.1, 0.15) is 35.7 Å². The summed E-state index contributed by atoms with van der Waals surface area (Å²) in [4.78, 5) is 26.1. The largest absolute Gasteiger partial charge is 0.352 e. The van der Waals surface area contributed by atoms with Gasteiger partial charge in [0, 0.05) is 22.0 Å². The van der Waals surface area contributed by atoms with E-state index in [9.17, 15) is 9.59 Å². The van der Waals surface area contributed by atoms with Crippen LogP contribution < -0.4 is 10.6 Å². The third-order valence-electron chi connectivity index (χ3n) is 3.90. The molecule has 1 aliphatic rings. The lowest BCUT2D eigenvalue weighted by Crippen LogP contribution is -2.25. The summed E-state index contributed by atoms with van der Waals surface area (Å²) in [5.74, 6) is -0.313. The van der Waals surface area contributed by atoms with Crippen molar-refractivity contribution in [1.82, 2.24) is 5.32 Å². The van der Waals surface area contributed by atoms with Crippen LogP contribution in [0, 0.1) is 0 Å². The van der Waals surface area contributed by atoms with Crippen LogP contribution in [-0.4, -0.2) is 18.4 Å². The standard InChI is InChI=1S/C20H19ClN2O2S/c1-2-3-9-22-19(24)14-7-8-17-16(12-14)23-20(25)18(26-17)11-13-5-4-6-15(21)10-13/h4-8,10-12H,2-3,9H2,1H3,(H,22,24)(H,23,25). The van der Waals surface area contributed by atoms with Crippen LogP contribution in [0.25, 0.3) is 6.08 Å². The third-order valence-corrected chi connectivity index (χ3v) is 5.23. The second kappa shape index (κ2) is 8.43. The zero-order chi connectivity index (χ0) is 18.5. The van der Waals surface area contributed by atoms with Crippen LogP contribution in [-0.2, 0) is 4.79 Å². The summed E-state index contributed by atoms with van der Waals surface area (Å²) in [6.45, 7) is 2.73. The van der Waals surface area contributed by atoms with Gasteiger partial charge in [0.05, 0.1) is 10.6 Å². The first-order chi connectivity index (χ1) is 12.6. The quantitative estimate of drug-likeness (QED) is 0.564. The number of fused-ring (bicyclic) bond motifs is 1. The fourth-order valence-corrected chi connectivity index (χ4v) is 3.66. The van der Waals surface area contributed by atoms with Crippen LogP contribution in [0.5, 0.6) is 0 Å². The molecule has 0 unspecified atom stereocenters. The van der Waals surface area contributed by atoms with E-state index in [1.54, 1.807) is 24.3 Å². The van der Waals surface area contributed by atoms with E-state index >= 15 is 0 Å². The maximum atomic E-state index is 12.4. The van der Waals surface area contributed by atoms with Crippen molar-refractivity contribution in [3.63, 3.8) is 0 Å². The second-order valence-electron chi connectivity index (χ2n) is 5.94. The first-order valence-electron chi connectivity index (χ1n) is 8.45. The van der Waals surface area contributed by atoms with Crippen molar-refractivity contribution in [2.45, 2.75) is 24.7 Å². The smallest absolute Gasteiger partial charge is 0.262 e. The number of amides is 2. The van der Waals surface area contributed by atoms with Crippen molar-refractivity contribution < 1.29 is 9.59 Å². The maximum absolute atomic E-state index is 12.4. The van der Waals surface area contributed by atoms with Gasteiger partial charge in [-0.15, -0.1) is 0 Å². The molecule has 0 atom stereocenters. The lowest BCUT2D eigenvalue weighted by atomic mass is 10.1. The topological polar surface area (TPSA) is 58.2 Å². The van der Waals surface area contributed by atoms with Crippen molar-refractivity contribution in [2.24, 2.45) is 0 Å². The highest BCUT2D eigenvalue weighted by Crippen LogP contribution is 2.39. The number of halogens is 1. The number of carbonyl (C=O) groups is 2. The molecule has 2 amide bonds. The van der Waals surface area contributed by atoms with Gasteiger partial charge in [-0.05, 0) is 48.4 Å². The summed E-state index contributed by atoms with van der Waals surface area (Å²) in [5.41, 5.74) is 2.07. The molecule has 0 fully saturated rings. The molecule has 0 bridgehead atoms. The number of nitrogens with one attached hydrogen (secondary N) is 2.